The zero-order valence-electron chi connectivity index (χ0n) is 51.9. The van der Waals surface area contributed by atoms with E-state index in [0.717, 1.165) is 19.3 Å². The third-order valence-electron chi connectivity index (χ3n) is 15.5. The van der Waals surface area contributed by atoms with Gasteiger partial charge in [0.2, 0.25) is 0 Å². The van der Waals surface area contributed by atoms with Crippen molar-refractivity contribution < 1.29 is 51.5 Å². The lowest BCUT2D eigenvalue weighted by Gasteiger charge is -2.38. The maximum atomic E-state index is 13.6. The van der Waals surface area contributed by atoms with Gasteiger partial charge in [-0.05, 0) is 186 Å². The number of nitrogens with zero attached hydrogens (tertiary/aromatic N) is 6. The first-order valence-electron chi connectivity index (χ1n) is 29.5. The standard InChI is InChI=1S/C25H30ClFN4O4.2C20H22ClFN4O2/c1-14-6-9-20(16-7-8-19(27)18(26)11-16)31(13-14)23(33)22(32)29-17-10-15(2)21(28-12-17)30-24(34)35-25(3,4)5;2*1-11-3-6-17(13-4-5-16(22)15(21)8-13)26(10-11)20(28)19(27)25-14-7-12(2)18(23)24-9-14/h7-8,10-12,14,20H,6,9,13H2,1-5H3,(H,29,32)(H,28,30,34);2*4-5,7-9,11,17H,3,6,10H2,1-2H3,(H2,23,24)(H,25,27)/t14-,20+;2*11-,17+/m010/s1. The number of carbonyl (C=O) groups is 7. The molecule has 3 aliphatic rings. The number of piperidine rings is 3. The molecule has 26 heteroatoms. The highest BCUT2D eigenvalue weighted by molar-refractivity contribution is 6.41. The maximum Gasteiger partial charge on any atom is 0.413 e. The Bertz CT molecular complexity index is 3580. The van der Waals surface area contributed by atoms with Crippen molar-refractivity contribution in [3.8, 4) is 0 Å². The minimum Gasteiger partial charge on any atom is -0.444 e. The second-order valence-electron chi connectivity index (χ2n) is 24.2. The van der Waals surface area contributed by atoms with Crippen molar-refractivity contribution >= 4 is 111 Å². The Morgan fingerprint density at radius 3 is 1.08 bits per heavy atom. The number of likely N-dealkylation sites (tertiary alicyclic amines) is 3. The molecule has 9 rings (SSSR count). The molecule has 3 aliphatic heterocycles. The number of ether oxygens (including phenoxy) is 1. The fraction of sp³-hybridized carbons (Fsp3) is 0.385. The number of amides is 7. The summed E-state index contributed by atoms with van der Waals surface area (Å²) in [6.07, 6.45) is 8.14. The molecule has 484 valence electrons. The molecule has 6 aromatic rings. The molecule has 3 fully saturated rings. The summed E-state index contributed by atoms with van der Waals surface area (Å²) in [4.78, 5) is 106. The number of hydrogen-bond acceptors (Lipinski definition) is 13. The average molecular weight is 1310 g/mol. The van der Waals surface area contributed by atoms with E-state index in [2.05, 4.69) is 36.2 Å². The van der Waals surface area contributed by atoms with Gasteiger partial charge in [0.25, 0.3) is 0 Å². The predicted molar refractivity (Wildman–Crippen MR) is 344 cm³/mol. The normalized spacial score (nSPS) is 18.9. The number of benzene rings is 3. The van der Waals surface area contributed by atoms with Crippen LogP contribution in [0.15, 0.2) is 91.4 Å². The van der Waals surface area contributed by atoms with Gasteiger partial charge in [0, 0.05) is 19.6 Å². The minimum atomic E-state index is -0.814. The Hall–Kier alpha value is -8.54. The molecule has 20 nitrogen and oxygen atoms in total. The summed E-state index contributed by atoms with van der Waals surface area (Å²) in [5.74, 6) is -4.16. The number of hydrogen-bond donors (Lipinski definition) is 6. The average Bonchev–Trinajstić information content (AvgIpc) is 1.24. The number of nitrogens with one attached hydrogen (secondary N) is 4. The number of aryl methyl sites for hydroxylation is 3. The van der Waals surface area contributed by atoms with Crippen LogP contribution in [-0.4, -0.2) is 96.4 Å². The van der Waals surface area contributed by atoms with Gasteiger partial charge in [-0.2, -0.15) is 0 Å². The molecule has 0 spiro atoms. The van der Waals surface area contributed by atoms with E-state index < -0.39 is 64.6 Å². The van der Waals surface area contributed by atoms with E-state index >= 15 is 0 Å². The maximum absolute atomic E-state index is 13.6. The van der Waals surface area contributed by atoms with Crippen molar-refractivity contribution in [3.63, 3.8) is 0 Å². The van der Waals surface area contributed by atoms with E-state index in [0.29, 0.717) is 101 Å². The van der Waals surface area contributed by atoms with E-state index in [-0.39, 0.29) is 56.8 Å². The van der Waals surface area contributed by atoms with Gasteiger partial charge in [0.05, 0.1) is 68.8 Å². The second kappa shape index (κ2) is 30.5. The van der Waals surface area contributed by atoms with Crippen LogP contribution in [0.2, 0.25) is 15.1 Å². The van der Waals surface area contributed by atoms with Crippen LogP contribution >= 0.6 is 34.8 Å². The Kier molecular flexibility index (Phi) is 23.4. The molecule has 3 saturated heterocycles. The predicted octanol–water partition coefficient (Wildman–Crippen LogP) is 12.9. The van der Waals surface area contributed by atoms with Crippen LogP contribution < -0.4 is 32.7 Å². The minimum absolute atomic E-state index is 0.00334. The van der Waals surface area contributed by atoms with Crippen molar-refractivity contribution in [1.82, 2.24) is 29.7 Å². The number of anilines is 6. The summed E-state index contributed by atoms with van der Waals surface area (Å²) in [6, 6.07) is 17.0. The summed E-state index contributed by atoms with van der Waals surface area (Å²) in [7, 11) is 0. The number of rotatable bonds is 7. The lowest BCUT2D eigenvalue weighted by atomic mass is 9.89. The summed E-state index contributed by atoms with van der Waals surface area (Å²) < 4.78 is 45.9. The molecule has 0 radical (unpaired) electrons. The Morgan fingerprint density at radius 1 is 0.484 bits per heavy atom. The van der Waals surface area contributed by atoms with Crippen molar-refractivity contribution in [2.75, 3.05) is 52.4 Å². The SMILES string of the molecule is Cc1cc(NC(=O)C(=O)N2C[C@@H](C)CC[C@@H]2c2ccc(F)c(Cl)c2)cnc1N.Cc1cc(NC(=O)C(=O)N2C[C@@H](C)CC[C@@H]2c2ccc(F)c(Cl)c2)cnc1NC(=O)OC(C)(C)C.Cc1cc(NC(=O)C(=O)N2C[C@H](C)CC[C@H]2c2ccc(F)c(Cl)c2)cnc1N. The molecule has 0 unspecified atom stereocenters. The largest absolute Gasteiger partial charge is 0.444 e. The molecule has 0 aliphatic carbocycles. The number of nitrogens with two attached hydrogens (primary N) is 2. The topological polar surface area (TPSA) is 277 Å². The molecular formula is C65H74Cl3F3N12O8. The number of aromatic nitrogens is 3. The van der Waals surface area contributed by atoms with Gasteiger partial charge < -0.3 is 46.9 Å². The molecule has 3 aromatic heterocycles. The Balaban J connectivity index is 0.000000196. The lowest BCUT2D eigenvalue weighted by molar-refractivity contribution is -0.146. The summed E-state index contributed by atoms with van der Waals surface area (Å²) >= 11 is 17.8. The fourth-order valence-corrected chi connectivity index (χ4v) is 11.3. The van der Waals surface area contributed by atoms with Crippen molar-refractivity contribution in [3.05, 3.63) is 157 Å². The first-order chi connectivity index (χ1) is 42.8. The summed E-state index contributed by atoms with van der Waals surface area (Å²) in [6.45, 7) is 17.8. The van der Waals surface area contributed by atoms with Crippen LogP contribution in [0.5, 0.6) is 0 Å². The van der Waals surface area contributed by atoms with Crippen molar-refractivity contribution in [2.24, 2.45) is 17.8 Å². The van der Waals surface area contributed by atoms with E-state index in [1.54, 1.807) is 77.9 Å². The van der Waals surface area contributed by atoms with Gasteiger partial charge in [0.1, 0.15) is 40.5 Å². The Labute approximate surface area is 541 Å². The quantitative estimate of drug-likeness (QED) is 0.0812. The third kappa shape index (κ3) is 18.8. The molecule has 3 aromatic carbocycles. The van der Waals surface area contributed by atoms with Crippen LogP contribution in [0.25, 0.3) is 0 Å². The van der Waals surface area contributed by atoms with Crippen LogP contribution in [0.3, 0.4) is 0 Å². The van der Waals surface area contributed by atoms with Crippen LogP contribution in [0.4, 0.5) is 52.5 Å². The first-order valence-corrected chi connectivity index (χ1v) is 30.6. The van der Waals surface area contributed by atoms with E-state index in [1.165, 1.54) is 69.7 Å². The highest BCUT2D eigenvalue weighted by Gasteiger charge is 2.38. The molecule has 7 amide bonds. The fourth-order valence-electron chi connectivity index (χ4n) is 10.8. The molecule has 91 heavy (non-hydrogen) atoms. The number of pyridine rings is 3. The van der Waals surface area contributed by atoms with Gasteiger partial charge >= 0.3 is 41.5 Å². The zero-order valence-corrected chi connectivity index (χ0v) is 54.1. The second-order valence-corrected chi connectivity index (χ2v) is 25.4. The molecule has 8 N–H and O–H groups in total. The Morgan fingerprint density at radius 2 is 0.791 bits per heavy atom. The van der Waals surface area contributed by atoms with Crippen LogP contribution in [0, 0.1) is 56.0 Å². The van der Waals surface area contributed by atoms with Gasteiger partial charge in [-0.1, -0.05) is 73.8 Å². The number of nitrogen functional groups attached to an aromatic ring is 2. The number of halogens is 6. The molecule has 6 atom stereocenters. The van der Waals surface area contributed by atoms with Gasteiger partial charge in [-0.15, -0.1) is 0 Å². The summed E-state index contributed by atoms with van der Waals surface area (Å²) in [5, 5.41) is 10.3. The lowest BCUT2D eigenvalue weighted by Crippen LogP contribution is -2.46. The van der Waals surface area contributed by atoms with Crippen LogP contribution in [0.1, 0.15) is 132 Å². The third-order valence-corrected chi connectivity index (χ3v) is 16.4. The van der Waals surface area contributed by atoms with Crippen molar-refractivity contribution in [1.29, 1.82) is 0 Å². The molecule has 6 heterocycles. The summed E-state index contributed by atoms with van der Waals surface area (Å²) in [5.41, 5.74) is 15.9. The van der Waals surface area contributed by atoms with Gasteiger partial charge in [0.15, 0.2) is 0 Å². The van der Waals surface area contributed by atoms with Crippen LogP contribution in [-0.2, 0) is 33.5 Å². The van der Waals surface area contributed by atoms with E-state index in [4.69, 9.17) is 51.0 Å². The zero-order chi connectivity index (χ0) is 66.8. The molecular weight excluding hydrogens is 1240 g/mol. The molecule has 0 bridgehead atoms. The van der Waals surface area contributed by atoms with Gasteiger partial charge in [-0.3, -0.25) is 34.1 Å². The smallest absolute Gasteiger partial charge is 0.413 e. The van der Waals surface area contributed by atoms with Gasteiger partial charge in [-0.25, -0.2) is 32.9 Å². The number of carbonyl (C=O) groups excluding carboxylic acids is 7. The first kappa shape index (κ1) is 69.9. The van der Waals surface area contributed by atoms with Crippen molar-refractivity contribution in [2.45, 2.75) is 125 Å². The van der Waals surface area contributed by atoms with E-state index in [1.807, 2.05) is 20.8 Å². The molecule has 0 saturated carbocycles. The monoisotopic (exact) mass is 1310 g/mol. The van der Waals surface area contributed by atoms with E-state index in [9.17, 15) is 46.7 Å². The highest BCUT2D eigenvalue weighted by atomic mass is 35.5. The highest BCUT2D eigenvalue weighted by Crippen LogP contribution is 2.38.